The predicted octanol–water partition coefficient (Wildman–Crippen LogP) is 2.74. The minimum atomic E-state index is 0.0627. The maximum atomic E-state index is 12.5. The Labute approximate surface area is 120 Å². The van der Waals surface area contributed by atoms with Gasteiger partial charge in [0.15, 0.2) is 0 Å². The maximum Gasteiger partial charge on any atom is 0.255 e. The highest BCUT2D eigenvalue weighted by Gasteiger charge is 2.36. The van der Waals surface area contributed by atoms with E-state index >= 15 is 0 Å². The van der Waals surface area contributed by atoms with Gasteiger partial charge in [0.1, 0.15) is 0 Å². The van der Waals surface area contributed by atoms with E-state index in [0.29, 0.717) is 23.5 Å². The first-order valence-electron chi connectivity index (χ1n) is 6.07. The number of amides is 1. The van der Waals surface area contributed by atoms with Gasteiger partial charge in [-0.3, -0.25) is 4.79 Å². The van der Waals surface area contributed by atoms with Crippen LogP contribution < -0.4 is 0 Å². The fraction of sp³-hybridized carbons (Fsp3) is 0.462. The third kappa shape index (κ3) is 2.31. The molecule has 2 aliphatic heterocycles. The van der Waals surface area contributed by atoms with Gasteiger partial charge in [0.25, 0.3) is 5.91 Å². The van der Waals surface area contributed by atoms with Crippen molar-refractivity contribution in [1.29, 1.82) is 0 Å². The minimum Gasteiger partial charge on any atom is -0.371 e. The SMILES string of the molecule is O=C(c1ccc(Br)cc1S)N1CC2CCC(C1)O2. The van der Waals surface area contributed by atoms with Crippen LogP contribution in [0.15, 0.2) is 27.6 Å². The van der Waals surface area contributed by atoms with Crippen molar-refractivity contribution in [2.45, 2.75) is 29.9 Å². The molecular formula is C13H14BrNO2S. The second kappa shape index (κ2) is 4.87. The first kappa shape index (κ1) is 12.5. The summed E-state index contributed by atoms with van der Waals surface area (Å²) in [5.74, 6) is 0.0627. The Morgan fingerprint density at radius 2 is 2.00 bits per heavy atom. The predicted molar refractivity (Wildman–Crippen MR) is 75.2 cm³/mol. The number of hydrogen-bond donors (Lipinski definition) is 1. The first-order valence-corrected chi connectivity index (χ1v) is 7.31. The van der Waals surface area contributed by atoms with Crippen LogP contribution in [0.1, 0.15) is 23.2 Å². The molecule has 0 aliphatic carbocycles. The Kier molecular flexibility index (Phi) is 3.38. The van der Waals surface area contributed by atoms with E-state index in [4.69, 9.17) is 4.74 Å². The van der Waals surface area contributed by atoms with E-state index in [9.17, 15) is 4.79 Å². The van der Waals surface area contributed by atoms with Gasteiger partial charge in [0, 0.05) is 22.5 Å². The number of ether oxygens (including phenoxy) is 1. The molecule has 0 aromatic heterocycles. The standard InChI is InChI=1S/C13H14BrNO2S/c14-8-1-4-11(12(18)5-8)13(16)15-6-9-2-3-10(7-15)17-9/h1,4-5,9-10,18H,2-3,6-7H2. The summed E-state index contributed by atoms with van der Waals surface area (Å²) < 4.78 is 6.68. The highest BCUT2D eigenvalue weighted by molar-refractivity contribution is 9.10. The highest BCUT2D eigenvalue weighted by Crippen LogP contribution is 2.28. The summed E-state index contributed by atoms with van der Waals surface area (Å²) in [4.78, 5) is 15.1. The summed E-state index contributed by atoms with van der Waals surface area (Å²) in [6, 6.07) is 5.56. The van der Waals surface area contributed by atoms with Crippen molar-refractivity contribution in [3.8, 4) is 0 Å². The van der Waals surface area contributed by atoms with Crippen molar-refractivity contribution < 1.29 is 9.53 Å². The van der Waals surface area contributed by atoms with Gasteiger partial charge in [-0.2, -0.15) is 0 Å². The molecule has 2 unspecified atom stereocenters. The summed E-state index contributed by atoms with van der Waals surface area (Å²) in [6.07, 6.45) is 2.60. The van der Waals surface area contributed by atoms with Crippen LogP contribution in [0.5, 0.6) is 0 Å². The average molecular weight is 328 g/mol. The van der Waals surface area contributed by atoms with Crippen LogP contribution in [0.3, 0.4) is 0 Å². The topological polar surface area (TPSA) is 29.5 Å². The van der Waals surface area contributed by atoms with E-state index in [1.54, 1.807) is 0 Å². The van der Waals surface area contributed by atoms with Crippen molar-refractivity contribution in [2.75, 3.05) is 13.1 Å². The van der Waals surface area contributed by atoms with E-state index < -0.39 is 0 Å². The Hall–Kier alpha value is -0.520. The molecule has 5 heteroatoms. The summed E-state index contributed by atoms with van der Waals surface area (Å²) in [6.45, 7) is 1.41. The molecule has 18 heavy (non-hydrogen) atoms. The van der Waals surface area contributed by atoms with Crippen LogP contribution in [0.4, 0.5) is 0 Å². The lowest BCUT2D eigenvalue weighted by molar-refractivity contribution is -0.0304. The van der Waals surface area contributed by atoms with Gasteiger partial charge in [0.05, 0.1) is 17.8 Å². The quantitative estimate of drug-likeness (QED) is 0.804. The number of carbonyl (C=O) groups is 1. The second-order valence-corrected chi connectivity index (χ2v) is 6.23. The Balaban J connectivity index is 1.82. The summed E-state index contributed by atoms with van der Waals surface area (Å²) >= 11 is 7.76. The molecule has 2 heterocycles. The smallest absolute Gasteiger partial charge is 0.255 e. The third-order valence-electron chi connectivity index (χ3n) is 3.52. The van der Waals surface area contributed by atoms with E-state index in [1.165, 1.54) is 0 Å². The molecule has 1 aromatic rings. The Morgan fingerprint density at radius 1 is 1.33 bits per heavy atom. The lowest BCUT2D eigenvalue weighted by atomic mass is 10.1. The zero-order chi connectivity index (χ0) is 12.7. The number of fused-ring (bicyclic) bond motifs is 2. The number of likely N-dealkylation sites (tertiary alicyclic amines) is 1. The first-order chi connectivity index (χ1) is 8.63. The molecule has 0 spiro atoms. The molecule has 3 nitrogen and oxygen atoms in total. The van der Waals surface area contributed by atoms with Crippen LogP contribution in [-0.2, 0) is 4.74 Å². The molecule has 0 radical (unpaired) electrons. The fourth-order valence-corrected chi connectivity index (χ4v) is 3.48. The van der Waals surface area contributed by atoms with Gasteiger partial charge in [-0.15, -0.1) is 12.6 Å². The summed E-state index contributed by atoms with van der Waals surface area (Å²) in [5, 5.41) is 0. The normalized spacial score (nSPS) is 26.4. The third-order valence-corrected chi connectivity index (χ3v) is 4.38. The van der Waals surface area contributed by atoms with Crippen LogP contribution >= 0.6 is 28.6 Å². The highest BCUT2D eigenvalue weighted by atomic mass is 79.9. The molecule has 1 amide bonds. The number of halogens is 1. The van der Waals surface area contributed by atoms with Gasteiger partial charge in [-0.25, -0.2) is 0 Å². The number of carbonyl (C=O) groups excluding carboxylic acids is 1. The maximum absolute atomic E-state index is 12.5. The lowest BCUT2D eigenvalue weighted by Crippen LogP contribution is -2.45. The molecule has 2 aliphatic rings. The van der Waals surface area contributed by atoms with Crippen molar-refractivity contribution in [2.24, 2.45) is 0 Å². The number of thiol groups is 1. The van der Waals surface area contributed by atoms with Gasteiger partial charge >= 0.3 is 0 Å². The number of rotatable bonds is 1. The van der Waals surface area contributed by atoms with E-state index in [-0.39, 0.29) is 18.1 Å². The average Bonchev–Trinajstić information content (AvgIpc) is 2.67. The largest absolute Gasteiger partial charge is 0.371 e. The van der Waals surface area contributed by atoms with E-state index in [2.05, 4.69) is 28.6 Å². The minimum absolute atomic E-state index is 0.0627. The molecule has 2 saturated heterocycles. The van der Waals surface area contributed by atoms with Gasteiger partial charge in [-0.05, 0) is 31.0 Å². The van der Waals surface area contributed by atoms with Crippen molar-refractivity contribution in [1.82, 2.24) is 4.90 Å². The molecule has 0 saturated carbocycles. The van der Waals surface area contributed by atoms with Gasteiger partial charge in [0.2, 0.25) is 0 Å². The summed E-state index contributed by atoms with van der Waals surface area (Å²) in [5.41, 5.74) is 0.669. The van der Waals surface area contributed by atoms with Gasteiger partial charge < -0.3 is 9.64 Å². The van der Waals surface area contributed by atoms with Crippen molar-refractivity contribution in [3.63, 3.8) is 0 Å². The zero-order valence-corrected chi connectivity index (χ0v) is 12.3. The molecule has 2 atom stereocenters. The fourth-order valence-electron chi connectivity index (χ4n) is 2.64. The molecular weight excluding hydrogens is 314 g/mol. The van der Waals surface area contributed by atoms with Crippen molar-refractivity contribution >= 4 is 34.5 Å². The summed E-state index contributed by atoms with van der Waals surface area (Å²) in [7, 11) is 0. The second-order valence-electron chi connectivity index (χ2n) is 4.83. The molecule has 2 bridgehead atoms. The molecule has 1 aromatic carbocycles. The number of nitrogens with zero attached hydrogens (tertiary/aromatic N) is 1. The monoisotopic (exact) mass is 327 g/mol. The molecule has 0 N–H and O–H groups in total. The van der Waals surface area contributed by atoms with Crippen molar-refractivity contribution in [3.05, 3.63) is 28.2 Å². The van der Waals surface area contributed by atoms with Crippen LogP contribution in [0.25, 0.3) is 0 Å². The van der Waals surface area contributed by atoms with Crippen LogP contribution in [-0.4, -0.2) is 36.1 Å². The Bertz CT molecular complexity index is 482. The number of benzene rings is 1. The van der Waals surface area contributed by atoms with Gasteiger partial charge in [-0.1, -0.05) is 15.9 Å². The molecule has 3 rings (SSSR count). The zero-order valence-electron chi connectivity index (χ0n) is 9.80. The number of morpholine rings is 1. The van der Waals surface area contributed by atoms with Crippen LogP contribution in [0, 0.1) is 0 Å². The lowest BCUT2D eigenvalue weighted by Gasteiger charge is -2.32. The Morgan fingerprint density at radius 3 is 2.61 bits per heavy atom. The van der Waals surface area contributed by atoms with E-state index in [0.717, 1.165) is 17.3 Å². The molecule has 96 valence electrons. The number of hydrogen-bond acceptors (Lipinski definition) is 3. The molecule has 2 fully saturated rings. The van der Waals surface area contributed by atoms with E-state index in [1.807, 2.05) is 23.1 Å². The van der Waals surface area contributed by atoms with Crippen LogP contribution in [0.2, 0.25) is 0 Å².